The van der Waals surface area contributed by atoms with E-state index in [9.17, 15) is 18.0 Å². The van der Waals surface area contributed by atoms with Crippen LogP contribution in [0, 0.1) is 13.8 Å². The van der Waals surface area contributed by atoms with Crippen molar-refractivity contribution in [3.05, 3.63) is 46.8 Å². The highest BCUT2D eigenvalue weighted by Gasteiger charge is 2.34. The highest BCUT2D eigenvalue weighted by atomic mass is 19.4. The van der Waals surface area contributed by atoms with E-state index < -0.39 is 11.7 Å². The molecule has 0 bridgehead atoms. The third-order valence-corrected chi connectivity index (χ3v) is 4.73. The summed E-state index contributed by atoms with van der Waals surface area (Å²) in [5.41, 5.74) is 1.11. The number of nitrogens with one attached hydrogen (secondary N) is 2. The van der Waals surface area contributed by atoms with E-state index >= 15 is 0 Å². The summed E-state index contributed by atoms with van der Waals surface area (Å²) >= 11 is 0. The summed E-state index contributed by atoms with van der Waals surface area (Å²) in [7, 11) is 0. The Balaban J connectivity index is 1.82. The zero-order valence-corrected chi connectivity index (χ0v) is 15.4. The lowest BCUT2D eigenvalue weighted by molar-refractivity contribution is -0.138. The smallest absolute Gasteiger partial charge is 0.351 e. The quantitative estimate of drug-likeness (QED) is 0.856. The van der Waals surface area contributed by atoms with E-state index in [1.165, 1.54) is 10.7 Å². The molecule has 1 aliphatic heterocycles. The molecule has 1 aliphatic rings. The zero-order chi connectivity index (χ0) is 19.6. The maximum absolute atomic E-state index is 13.6. The number of rotatable bonds is 4. The number of carbonyl (C=O) groups is 1. The first-order chi connectivity index (χ1) is 12.8. The molecule has 0 saturated carbocycles. The molecule has 1 aromatic carbocycles. The van der Waals surface area contributed by atoms with E-state index in [0.29, 0.717) is 12.1 Å². The van der Waals surface area contributed by atoms with Crippen molar-refractivity contribution in [1.82, 2.24) is 20.4 Å². The molecule has 2 heterocycles. The normalized spacial score (nSPS) is 17.7. The van der Waals surface area contributed by atoms with Gasteiger partial charge in [-0.25, -0.2) is 4.68 Å². The van der Waals surface area contributed by atoms with E-state index in [0.717, 1.165) is 36.8 Å². The van der Waals surface area contributed by atoms with Crippen LogP contribution in [0.15, 0.2) is 24.3 Å². The number of carbonyl (C=O) groups excluding carboxylic acids is 1. The molecular formula is C19H23F3N4O. The molecule has 0 spiro atoms. The maximum atomic E-state index is 13.6. The monoisotopic (exact) mass is 380 g/mol. The first kappa shape index (κ1) is 19.4. The fraction of sp³-hybridized carbons (Fsp3) is 0.474. The molecule has 146 valence electrons. The van der Waals surface area contributed by atoms with Crippen LogP contribution in [0.1, 0.15) is 41.8 Å². The number of aromatic nitrogens is 2. The standard InChI is InChI=1S/C19H23F3N4O/c1-12-9-13(2)26(25-12)15-7-6-14(16(10-15)19(20,21)22)11-24-18(27)17-5-3-4-8-23-17/h6-7,9-10,17,23H,3-5,8,11H2,1-2H3,(H,24,27). The molecule has 1 saturated heterocycles. The molecule has 1 aromatic heterocycles. The Morgan fingerprint density at radius 2 is 2.07 bits per heavy atom. The van der Waals surface area contributed by atoms with Gasteiger partial charge in [0.1, 0.15) is 0 Å². The maximum Gasteiger partial charge on any atom is 0.416 e. The Hall–Kier alpha value is -2.35. The molecule has 1 fully saturated rings. The van der Waals surface area contributed by atoms with Crippen LogP contribution in [-0.2, 0) is 17.5 Å². The van der Waals surface area contributed by atoms with Gasteiger partial charge in [0.05, 0.1) is 23.0 Å². The van der Waals surface area contributed by atoms with Gasteiger partial charge in [-0.05, 0) is 57.0 Å². The summed E-state index contributed by atoms with van der Waals surface area (Å²) in [5, 5.41) is 9.97. The Morgan fingerprint density at radius 3 is 2.67 bits per heavy atom. The first-order valence-electron chi connectivity index (χ1n) is 9.00. The van der Waals surface area contributed by atoms with Gasteiger partial charge < -0.3 is 10.6 Å². The second-order valence-corrected chi connectivity index (χ2v) is 6.90. The molecule has 0 radical (unpaired) electrons. The van der Waals surface area contributed by atoms with Crippen molar-refractivity contribution in [3.8, 4) is 5.69 Å². The van der Waals surface area contributed by atoms with Gasteiger partial charge in [0.2, 0.25) is 5.91 Å². The number of aryl methyl sites for hydroxylation is 2. The topological polar surface area (TPSA) is 59.0 Å². The van der Waals surface area contributed by atoms with Crippen molar-refractivity contribution in [2.75, 3.05) is 6.54 Å². The van der Waals surface area contributed by atoms with Crippen molar-refractivity contribution < 1.29 is 18.0 Å². The largest absolute Gasteiger partial charge is 0.416 e. The second-order valence-electron chi connectivity index (χ2n) is 6.90. The Labute approximate surface area is 155 Å². The van der Waals surface area contributed by atoms with E-state index in [4.69, 9.17) is 0 Å². The summed E-state index contributed by atoms with van der Waals surface area (Å²) in [5.74, 6) is -0.259. The van der Waals surface area contributed by atoms with Gasteiger partial charge in [0.15, 0.2) is 0 Å². The third kappa shape index (κ3) is 4.50. The van der Waals surface area contributed by atoms with Gasteiger partial charge in [0.25, 0.3) is 0 Å². The van der Waals surface area contributed by atoms with Crippen LogP contribution in [0.4, 0.5) is 13.2 Å². The second kappa shape index (κ2) is 7.72. The van der Waals surface area contributed by atoms with Gasteiger partial charge in [-0.2, -0.15) is 18.3 Å². The minimum absolute atomic E-state index is 0.0388. The van der Waals surface area contributed by atoms with Crippen molar-refractivity contribution in [3.63, 3.8) is 0 Å². The summed E-state index contributed by atoms with van der Waals surface area (Å²) in [6, 6.07) is 5.55. The van der Waals surface area contributed by atoms with Crippen LogP contribution < -0.4 is 10.6 Å². The van der Waals surface area contributed by atoms with Gasteiger partial charge in [-0.1, -0.05) is 12.5 Å². The Bertz CT molecular complexity index is 823. The van der Waals surface area contributed by atoms with E-state index in [1.807, 2.05) is 0 Å². The average molecular weight is 380 g/mol. The lowest BCUT2D eigenvalue weighted by atomic mass is 10.0. The van der Waals surface area contributed by atoms with Crippen molar-refractivity contribution >= 4 is 5.91 Å². The van der Waals surface area contributed by atoms with Crippen LogP contribution in [0.2, 0.25) is 0 Å². The first-order valence-corrected chi connectivity index (χ1v) is 9.00. The number of amides is 1. The summed E-state index contributed by atoms with van der Waals surface area (Å²) < 4.78 is 42.2. The molecule has 2 N–H and O–H groups in total. The van der Waals surface area contributed by atoms with E-state index in [-0.39, 0.29) is 24.1 Å². The van der Waals surface area contributed by atoms with Crippen LogP contribution in [0.5, 0.6) is 0 Å². The third-order valence-electron chi connectivity index (χ3n) is 4.73. The molecule has 8 heteroatoms. The van der Waals surface area contributed by atoms with E-state index in [2.05, 4.69) is 15.7 Å². The number of hydrogen-bond acceptors (Lipinski definition) is 3. The van der Waals surface area contributed by atoms with Gasteiger partial charge in [-0.3, -0.25) is 4.79 Å². The summed E-state index contributed by atoms with van der Waals surface area (Å²) in [6.45, 7) is 4.17. The Morgan fingerprint density at radius 1 is 1.30 bits per heavy atom. The molecule has 1 amide bonds. The number of benzene rings is 1. The molecular weight excluding hydrogens is 357 g/mol. The number of alkyl halides is 3. The lowest BCUT2D eigenvalue weighted by Gasteiger charge is -2.23. The van der Waals surface area contributed by atoms with Crippen molar-refractivity contribution in [1.29, 1.82) is 0 Å². The van der Waals surface area contributed by atoms with Crippen LogP contribution in [0.3, 0.4) is 0 Å². The summed E-state index contributed by atoms with van der Waals surface area (Å²) in [4.78, 5) is 12.2. The SMILES string of the molecule is Cc1cc(C)n(-c2ccc(CNC(=O)C3CCCCN3)c(C(F)(F)F)c2)n1. The van der Waals surface area contributed by atoms with Crippen molar-refractivity contribution in [2.24, 2.45) is 0 Å². The van der Waals surface area contributed by atoms with Crippen LogP contribution in [-0.4, -0.2) is 28.3 Å². The summed E-state index contributed by atoms with van der Waals surface area (Å²) in [6.07, 6.45) is -1.86. The lowest BCUT2D eigenvalue weighted by Crippen LogP contribution is -2.46. The van der Waals surface area contributed by atoms with Gasteiger partial charge >= 0.3 is 6.18 Å². The highest BCUT2D eigenvalue weighted by Crippen LogP contribution is 2.33. The fourth-order valence-electron chi connectivity index (χ4n) is 3.39. The molecule has 1 atom stereocenters. The average Bonchev–Trinajstić information content (AvgIpc) is 2.97. The fourth-order valence-corrected chi connectivity index (χ4v) is 3.39. The minimum Gasteiger partial charge on any atom is -0.351 e. The number of piperidine rings is 1. The predicted molar refractivity (Wildman–Crippen MR) is 95.5 cm³/mol. The molecule has 2 aromatic rings. The molecule has 3 rings (SSSR count). The molecule has 5 nitrogen and oxygen atoms in total. The number of halogens is 3. The molecule has 27 heavy (non-hydrogen) atoms. The molecule has 1 unspecified atom stereocenters. The van der Waals surface area contributed by atoms with Crippen LogP contribution >= 0.6 is 0 Å². The van der Waals surface area contributed by atoms with Crippen LogP contribution in [0.25, 0.3) is 5.69 Å². The Kier molecular flexibility index (Phi) is 5.55. The zero-order valence-electron chi connectivity index (χ0n) is 15.4. The molecule has 0 aliphatic carbocycles. The number of hydrogen-bond donors (Lipinski definition) is 2. The van der Waals surface area contributed by atoms with Gasteiger partial charge in [0, 0.05) is 12.2 Å². The minimum atomic E-state index is -4.52. The van der Waals surface area contributed by atoms with E-state index in [1.54, 1.807) is 26.0 Å². The van der Waals surface area contributed by atoms with Gasteiger partial charge in [-0.15, -0.1) is 0 Å². The van der Waals surface area contributed by atoms with Crippen molar-refractivity contribution in [2.45, 2.75) is 51.9 Å². The predicted octanol–water partition coefficient (Wildman–Crippen LogP) is 3.27. The number of nitrogens with zero attached hydrogens (tertiary/aromatic N) is 2. The highest BCUT2D eigenvalue weighted by molar-refractivity contribution is 5.81.